The van der Waals surface area contributed by atoms with Crippen molar-refractivity contribution in [1.82, 2.24) is 5.32 Å². The van der Waals surface area contributed by atoms with Gasteiger partial charge in [-0.05, 0) is 60.7 Å². The van der Waals surface area contributed by atoms with Gasteiger partial charge < -0.3 is 19.9 Å². The summed E-state index contributed by atoms with van der Waals surface area (Å²) in [6.07, 6.45) is 5.97. The van der Waals surface area contributed by atoms with Crippen LogP contribution < -0.4 is 14.8 Å². The van der Waals surface area contributed by atoms with Gasteiger partial charge in [0, 0.05) is 10.0 Å². The number of benzene rings is 1. The third-order valence-corrected chi connectivity index (χ3v) is 6.20. The average molecular weight is 484 g/mol. The van der Waals surface area contributed by atoms with Crippen LogP contribution in [0, 0.1) is 0 Å². The Morgan fingerprint density at radius 2 is 2.14 bits per heavy atom. The number of hydrogen-bond donors (Lipinski definition) is 2. The van der Waals surface area contributed by atoms with Crippen molar-refractivity contribution in [3.8, 4) is 11.5 Å². The summed E-state index contributed by atoms with van der Waals surface area (Å²) in [5, 5.41) is 18.9. The number of thioether (sulfide) groups is 1. The molecule has 156 valence electrons. The van der Waals surface area contributed by atoms with Crippen LogP contribution in [-0.4, -0.2) is 46.3 Å². The highest BCUT2D eigenvalue weighted by Gasteiger charge is 2.32. The van der Waals surface area contributed by atoms with Crippen LogP contribution in [0.2, 0.25) is 0 Å². The molecule has 29 heavy (non-hydrogen) atoms. The van der Waals surface area contributed by atoms with Gasteiger partial charge in [-0.2, -0.15) is 5.10 Å². The van der Waals surface area contributed by atoms with E-state index in [2.05, 4.69) is 31.4 Å². The van der Waals surface area contributed by atoms with E-state index < -0.39 is 11.2 Å². The van der Waals surface area contributed by atoms with Crippen molar-refractivity contribution >= 4 is 51.0 Å². The van der Waals surface area contributed by atoms with Crippen LogP contribution in [0.25, 0.3) is 0 Å². The molecule has 2 aliphatic rings. The minimum atomic E-state index is -1.03. The van der Waals surface area contributed by atoms with Crippen LogP contribution in [0.5, 0.6) is 11.5 Å². The zero-order valence-electron chi connectivity index (χ0n) is 15.9. The number of nitrogens with one attached hydrogen (secondary N) is 1. The molecular formula is C19H22BrN3O5S. The first-order chi connectivity index (χ1) is 14.0. The molecule has 0 radical (unpaired) electrons. The zero-order chi connectivity index (χ0) is 20.8. The smallest absolute Gasteiger partial charge is 0.305 e. The van der Waals surface area contributed by atoms with E-state index in [0.717, 1.165) is 34.6 Å². The molecule has 8 nitrogen and oxygen atoms in total. The summed E-state index contributed by atoms with van der Waals surface area (Å²) in [5.74, 6) is -0.0692. The number of carboxylic acids is 1. The van der Waals surface area contributed by atoms with E-state index in [1.165, 1.54) is 19.1 Å². The number of amides is 1. The molecule has 1 aliphatic carbocycles. The molecule has 1 aromatic rings. The molecule has 2 N–H and O–H groups in total. The van der Waals surface area contributed by atoms with Gasteiger partial charge in [-0.25, -0.2) is 0 Å². The molecule has 2 fully saturated rings. The van der Waals surface area contributed by atoms with E-state index in [9.17, 15) is 9.59 Å². The lowest BCUT2D eigenvalue weighted by Crippen LogP contribution is -2.26. The number of nitrogens with zero attached hydrogens (tertiary/aromatic N) is 2. The number of ether oxygens (including phenoxy) is 2. The number of carbonyl (C=O) groups is 2. The van der Waals surface area contributed by atoms with Crippen LogP contribution in [0.15, 0.2) is 26.8 Å². The van der Waals surface area contributed by atoms with Crippen molar-refractivity contribution in [3.63, 3.8) is 0 Å². The maximum atomic E-state index is 11.7. The van der Waals surface area contributed by atoms with E-state index in [0.29, 0.717) is 18.1 Å². The fourth-order valence-corrected chi connectivity index (χ4v) is 4.42. The van der Waals surface area contributed by atoms with Gasteiger partial charge in [-0.15, -0.1) is 5.10 Å². The van der Waals surface area contributed by atoms with Gasteiger partial charge in [-0.3, -0.25) is 9.59 Å². The predicted octanol–water partition coefficient (Wildman–Crippen LogP) is 3.57. The van der Waals surface area contributed by atoms with Crippen molar-refractivity contribution < 1.29 is 24.2 Å². The Morgan fingerprint density at radius 1 is 1.38 bits per heavy atom. The molecule has 1 saturated carbocycles. The first kappa shape index (κ1) is 21.6. The number of amidine groups is 1. The normalized spacial score (nSPS) is 21.1. The molecule has 3 rings (SSSR count). The quantitative estimate of drug-likeness (QED) is 0.432. The summed E-state index contributed by atoms with van der Waals surface area (Å²) < 4.78 is 12.6. The summed E-state index contributed by atoms with van der Waals surface area (Å²) in [4.78, 5) is 22.5. The van der Waals surface area contributed by atoms with Gasteiger partial charge in [-0.1, -0.05) is 11.8 Å². The number of rotatable bonds is 8. The maximum Gasteiger partial charge on any atom is 0.305 e. The zero-order valence-corrected chi connectivity index (χ0v) is 18.3. The Hall–Kier alpha value is -2.07. The Balaban J connectivity index is 1.72. The summed E-state index contributed by atoms with van der Waals surface area (Å²) >= 11 is 4.58. The lowest BCUT2D eigenvalue weighted by Gasteiger charge is -2.17. The number of aliphatic carboxylic acids is 1. The van der Waals surface area contributed by atoms with E-state index >= 15 is 0 Å². The van der Waals surface area contributed by atoms with Crippen LogP contribution in [-0.2, 0) is 9.59 Å². The summed E-state index contributed by atoms with van der Waals surface area (Å²) in [6.45, 7) is 2.42. The molecule has 1 saturated heterocycles. The lowest BCUT2D eigenvalue weighted by molar-refractivity contribution is -0.138. The average Bonchev–Trinajstić information content (AvgIpc) is 3.28. The molecular weight excluding hydrogens is 462 g/mol. The molecule has 0 aromatic heterocycles. The molecule has 1 heterocycles. The van der Waals surface area contributed by atoms with Gasteiger partial charge >= 0.3 is 5.97 Å². The fraction of sp³-hybridized carbons (Fsp3) is 0.474. The molecule has 1 aliphatic heterocycles. The molecule has 10 heteroatoms. The van der Waals surface area contributed by atoms with E-state index in [-0.39, 0.29) is 23.6 Å². The largest absolute Gasteiger partial charge is 0.490 e. The fourth-order valence-electron chi connectivity index (χ4n) is 3.08. The molecule has 1 amide bonds. The predicted molar refractivity (Wildman–Crippen MR) is 115 cm³/mol. The number of halogens is 1. The first-order valence-electron chi connectivity index (χ1n) is 9.39. The standard InChI is InChI=1S/C19H22BrN3O5S/c1-2-27-14-7-11(13(20)8-15(14)28-12-5-3-4-6-12)10-21-23-19-22-18(26)16(29-19)9-17(24)25/h7-8,10,12,16H,2-6,9H2,1H3,(H,24,25)(H,22,23,26). The molecule has 0 bridgehead atoms. The lowest BCUT2D eigenvalue weighted by atomic mass is 10.2. The monoisotopic (exact) mass is 483 g/mol. The van der Waals surface area contributed by atoms with Gasteiger partial charge in [0.1, 0.15) is 5.25 Å². The van der Waals surface area contributed by atoms with Crippen LogP contribution in [0.3, 0.4) is 0 Å². The SMILES string of the molecule is CCOc1cc(C=NN=C2NC(=O)C(CC(=O)O)S2)c(Br)cc1OC1CCCC1. The minimum absolute atomic E-state index is 0.216. The van der Waals surface area contributed by atoms with Gasteiger partial charge in [0.25, 0.3) is 0 Å². The van der Waals surface area contributed by atoms with Gasteiger partial charge in [0.15, 0.2) is 16.7 Å². The van der Waals surface area contributed by atoms with Crippen LogP contribution in [0.4, 0.5) is 0 Å². The highest BCUT2D eigenvalue weighted by atomic mass is 79.9. The summed E-state index contributed by atoms with van der Waals surface area (Å²) in [5.41, 5.74) is 0.744. The Labute approximate surface area is 181 Å². The van der Waals surface area contributed by atoms with Gasteiger partial charge in [0.05, 0.1) is 25.3 Å². The number of hydrogen-bond acceptors (Lipinski definition) is 7. The second-order valence-electron chi connectivity index (χ2n) is 6.62. The van der Waals surface area contributed by atoms with Crippen molar-refractivity contribution in [2.24, 2.45) is 10.2 Å². The van der Waals surface area contributed by atoms with Gasteiger partial charge in [0.2, 0.25) is 5.91 Å². The molecule has 1 aromatic carbocycles. The van der Waals surface area contributed by atoms with Crippen LogP contribution in [0.1, 0.15) is 44.6 Å². The maximum absolute atomic E-state index is 11.7. The van der Waals surface area contributed by atoms with E-state index in [1.54, 1.807) is 0 Å². The summed E-state index contributed by atoms with van der Waals surface area (Å²) in [6, 6.07) is 3.70. The Kier molecular flexibility index (Phi) is 7.54. The topological polar surface area (TPSA) is 110 Å². The van der Waals surface area contributed by atoms with E-state index in [1.807, 2.05) is 19.1 Å². The van der Waals surface area contributed by atoms with Crippen molar-refractivity contribution in [1.29, 1.82) is 0 Å². The molecule has 1 unspecified atom stereocenters. The number of carboxylic acid groups (broad SMARTS) is 1. The second kappa shape index (κ2) is 10.1. The third kappa shape index (κ3) is 5.96. The van der Waals surface area contributed by atoms with Crippen molar-refractivity contribution in [2.75, 3.05) is 6.61 Å². The highest BCUT2D eigenvalue weighted by Crippen LogP contribution is 2.36. The third-order valence-electron chi connectivity index (χ3n) is 4.44. The highest BCUT2D eigenvalue weighted by molar-refractivity contribution is 9.10. The van der Waals surface area contributed by atoms with E-state index in [4.69, 9.17) is 14.6 Å². The van der Waals surface area contributed by atoms with Crippen LogP contribution >= 0.6 is 27.7 Å². The first-order valence-corrected chi connectivity index (χ1v) is 11.1. The molecule has 1 atom stereocenters. The minimum Gasteiger partial charge on any atom is -0.490 e. The summed E-state index contributed by atoms with van der Waals surface area (Å²) in [7, 11) is 0. The number of carbonyl (C=O) groups excluding carboxylic acids is 1. The molecule has 0 spiro atoms. The van der Waals surface area contributed by atoms with Crippen molar-refractivity contribution in [2.45, 2.75) is 50.4 Å². The second-order valence-corrected chi connectivity index (χ2v) is 8.67. The Bertz CT molecular complexity index is 839. The Morgan fingerprint density at radius 3 is 2.83 bits per heavy atom. The van der Waals surface area contributed by atoms with Crippen molar-refractivity contribution in [3.05, 3.63) is 22.2 Å².